The summed E-state index contributed by atoms with van der Waals surface area (Å²) < 4.78 is 132. The van der Waals surface area contributed by atoms with Gasteiger partial charge in [-0.1, -0.05) is 199 Å². The molecule has 0 aliphatic heterocycles. The Kier molecular flexibility index (Phi) is 9.55. The van der Waals surface area contributed by atoms with Gasteiger partial charge in [0.05, 0.1) is 52.5 Å². The van der Waals surface area contributed by atoms with E-state index in [0.717, 1.165) is 59.9 Å². The number of pyridine rings is 2. The van der Waals surface area contributed by atoms with Crippen molar-refractivity contribution in [3.8, 4) is 73.7 Å². The third-order valence-electron chi connectivity index (χ3n) is 16.0. The molecule has 11 aromatic carbocycles. The fraction of sp³-hybridized carbons (Fsp3) is 0.0128. The Hall–Kier alpha value is -10.9. The van der Waals surface area contributed by atoms with Gasteiger partial charge < -0.3 is 13.9 Å². The maximum Gasteiger partial charge on any atom is 0.268 e. The Morgan fingerprint density at radius 2 is 0.931 bits per heavy atom. The molecule has 0 atom stereocenters. The minimum atomic E-state index is -2.66. The maximum absolute atomic E-state index is 9.29. The van der Waals surface area contributed by atoms with E-state index in [4.69, 9.17) is 28.4 Å². The molecule has 9 heteroatoms. The van der Waals surface area contributed by atoms with Crippen molar-refractivity contribution < 1.29 is 48.2 Å². The van der Waals surface area contributed by atoms with E-state index in [1.54, 1.807) is 76.0 Å². The van der Waals surface area contributed by atoms with Crippen molar-refractivity contribution in [2.24, 2.45) is 0 Å². The summed E-state index contributed by atoms with van der Waals surface area (Å²) in [6.45, 7) is -2.66. The molecule has 0 unspecified atom stereocenters. The summed E-state index contributed by atoms with van der Waals surface area (Å²) in [4.78, 5) is 10.6. The number of rotatable bonds is 10. The molecule has 0 N–H and O–H groups in total. The number of benzene rings is 11. The molecule has 0 bridgehead atoms. The average Bonchev–Trinajstić information content (AvgIpc) is 1.08. The van der Waals surface area contributed by atoms with Crippen molar-refractivity contribution >= 4 is 76.5 Å². The van der Waals surface area contributed by atoms with Crippen LogP contribution >= 0.6 is 0 Å². The zero-order chi connectivity index (χ0) is 68.0. The summed E-state index contributed by atoms with van der Waals surface area (Å²) in [5.41, 5.74) is 7.49. The first-order valence-corrected chi connectivity index (χ1v) is 27.8. The van der Waals surface area contributed by atoms with E-state index in [1.807, 2.05) is 108 Å². The third kappa shape index (κ3) is 8.51. The van der Waals surface area contributed by atoms with Crippen LogP contribution < -0.4 is 9.30 Å². The van der Waals surface area contributed by atoms with Crippen LogP contribution in [-0.4, -0.2) is 28.2 Å². The van der Waals surface area contributed by atoms with Crippen molar-refractivity contribution in [3.63, 3.8) is 0 Å². The van der Waals surface area contributed by atoms with Crippen LogP contribution in [0.25, 0.3) is 139 Å². The second-order valence-corrected chi connectivity index (χ2v) is 20.8. The number of fused-ring (bicyclic) bond motifs is 10. The Morgan fingerprint density at radius 3 is 1.49 bits per heavy atom. The van der Waals surface area contributed by atoms with E-state index in [9.17, 15) is 4.11 Å². The minimum Gasteiger partial charge on any atom is -0.510 e. The number of para-hydroxylation sites is 8. The van der Waals surface area contributed by atoms with E-state index in [2.05, 4.69) is 76.1 Å². The predicted octanol–water partition coefficient (Wildman–Crippen LogP) is 18.5. The standard InChI is InChI=1S/C78H49N7O.Pt/c1-51-44-75(79-49-66(51)54-45-76(83-67-35-13-8-28-60(67)61-29-9-14-36-68(61)83)80-77(46-54)84-69-37-15-10-30-62(69)63-31-11-16-38-70(63)84)85-71-39-17-12-32-64(71)65-43-42-57(48-74(65)85)86-56-27-20-26-55(47-56)81-50-82(73-41-19-18-40-72(73)81)78-58(52-22-4-2-5-23-52)33-21-34-59(78)53-24-6-3-7-25-53;/h2-46,49H,1H3;/q-2;/i1D3,2D,3D,4D,5D,6D,7D,22D,23D,24D,25D;. The predicted molar refractivity (Wildman–Crippen MR) is 347 cm³/mol. The number of aryl methyl sites for hydroxylation is 1. The third-order valence-corrected chi connectivity index (χ3v) is 16.0. The first-order chi connectivity index (χ1) is 47.9. The first-order valence-electron chi connectivity index (χ1n) is 34.3. The molecule has 6 aromatic heterocycles. The van der Waals surface area contributed by atoms with Gasteiger partial charge in [-0.15, -0.1) is 29.7 Å². The quantitative estimate of drug-likeness (QED) is 0.101. The molecule has 0 fully saturated rings. The maximum atomic E-state index is 9.29. The fourth-order valence-corrected chi connectivity index (χ4v) is 12.3. The van der Waals surface area contributed by atoms with Gasteiger partial charge in [0.15, 0.2) is 0 Å². The molecule has 0 amide bonds. The van der Waals surface area contributed by atoms with E-state index in [0.29, 0.717) is 50.8 Å². The summed E-state index contributed by atoms with van der Waals surface area (Å²) in [6, 6.07) is 68.3. The average molecular weight is 1310 g/mol. The van der Waals surface area contributed by atoms with Gasteiger partial charge >= 0.3 is 0 Å². The second-order valence-electron chi connectivity index (χ2n) is 20.8. The van der Waals surface area contributed by atoms with Crippen LogP contribution in [0.4, 0.5) is 0 Å². The first kappa shape index (κ1) is 39.6. The van der Waals surface area contributed by atoms with Crippen LogP contribution in [-0.2, 0) is 21.1 Å². The summed E-state index contributed by atoms with van der Waals surface area (Å²) in [5.74, 6) is 2.03. The number of hydrogen-bond donors (Lipinski definition) is 0. The molecule has 17 rings (SSSR count). The van der Waals surface area contributed by atoms with Gasteiger partial charge in [0, 0.05) is 75.5 Å². The number of hydrogen-bond acceptors (Lipinski definition) is 3. The monoisotopic (exact) mass is 1310 g/mol. The molecule has 87 heavy (non-hydrogen) atoms. The van der Waals surface area contributed by atoms with Crippen molar-refractivity contribution in [1.29, 1.82) is 0 Å². The van der Waals surface area contributed by atoms with Gasteiger partial charge in [-0.25, -0.2) is 9.97 Å². The van der Waals surface area contributed by atoms with Crippen LogP contribution in [0.3, 0.4) is 0 Å². The number of imidazole rings is 1. The second kappa shape index (κ2) is 21.0. The molecule has 6 heterocycles. The topological polar surface area (TPSA) is 58.6 Å². The van der Waals surface area contributed by atoms with Crippen LogP contribution in [0.2, 0.25) is 0 Å². The molecule has 0 spiro atoms. The van der Waals surface area contributed by atoms with E-state index in [-0.39, 0.29) is 66.1 Å². The molecular formula is C78H49N7OPt-2. The molecule has 0 radical (unpaired) electrons. The molecule has 8 nitrogen and oxygen atoms in total. The summed E-state index contributed by atoms with van der Waals surface area (Å²) >= 11 is 0. The van der Waals surface area contributed by atoms with E-state index < -0.39 is 67.3 Å². The van der Waals surface area contributed by atoms with Crippen molar-refractivity contribution in [3.05, 3.63) is 303 Å². The van der Waals surface area contributed by atoms with E-state index >= 15 is 0 Å². The molecule has 0 saturated carbocycles. The van der Waals surface area contributed by atoms with Crippen LogP contribution in [0.1, 0.15) is 23.4 Å². The number of aromatic nitrogens is 7. The largest absolute Gasteiger partial charge is 0.510 e. The van der Waals surface area contributed by atoms with E-state index in [1.165, 1.54) is 0 Å². The Labute approximate surface area is 533 Å². The van der Waals surface area contributed by atoms with Crippen molar-refractivity contribution in [2.75, 3.05) is 0 Å². The van der Waals surface area contributed by atoms with Gasteiger partial charge in [-0.2, -0.15) is 18.2 Å². The SMILES string of the molecule is [2H]c1c([2H])c([2H])c(-c2cccc(-c3c([2H])c([2H])c([2H])c([2H])c3[2H])c2-[n+]2[c-]n(-c3[c-]c(Oc4[c-]c5c(cc4)c4ccccc4n5-c4cc(C([2H])([2H])[2H])c(-c5cc(-n6c7ccccc7c7ccccc76)nc(-n6c7ccccc7c7ccccc76)c5)cn4)ccc3)c3ccccc32)c([2H])c1[2H].[Pt]. The van der Waals surface area contributed by atoms with Gasteiger partial charge in [0.2, 0.25) is 0 Å². The van der Waals surface area contributed by atoms with Gasteiger partial charge in [0.25, 0.3) is 6.33 Å². The van der Waals surface area contributed by atoms with Crippen LogP contribution in [0, 0.1) is 25.3 Å². The van der Waals surface area contributed by atoms with Gasteiger partial charge in [-0.05, 0) is 99.8 Å². The van der Waals surface area contributed by atoms with Gasteiger partial charge in [-0.3, -0.25) is 13.7 Å². The Morgan fingerprint density at radius 1 is 0.437 bits per heavy atom. The smallest absolute Gasteiger partial charge is 0.268 e. The summed E-state index contributed by atoms with van der Waals surface area (Å²) in [7, 11) is 0. The number of nitrogens with zero attached hydrogens (tertiary/aromatic N) is 7. The molecule has 0 saturated heterocycles. The molecule has 0 aliphatic carbocycles. The van der Waals surface area contributed by atoms with Crippen molar-refractivity contribution in [1.82, 2.24) is 28.2 Å². The van der Waals surface area contributed by atoms with Gasteiger partial charge in [0.1, 0.15) is 17.5 Å². The number of ether oxygens (including phenoxy) is 1. The Bertz CT molecular complexity index is 5930. The summed E-state index contributed by atoms with van der Waals surface area (Å²) in [5, 5.41) is 5.83. The molecule has 0 aliphatic rings. The molecule has 17 aromatic rings. The normalized spacial score (nSPS) is 13.9. The molecule has 414 valence electrons. The zero-order valence-electron chi connectivity index (χ0n) is 58.6. The van der Waals surface area contributed by atoms with Crippen LogP contribution in [0.5, 0.6) is 11.5 Å². The minimum absolute atomic E-state index is 0. The van der Waals surface area contributed by atoms with Crippen molar-refractivity contribution in [2.45, 2.75) is 6.85 Å². The summed E-state index contributed by atoms with van der Waals surface area (Å²) in [6.07, 6.45) is 5.04. The molecular weight excluding hydrogens is 1250 g/mol. The van der Waals surface area contributed by atoms with Crippen LogP contribution in [0.15, 0.2) is 279 Å². The Balaban J connectivity index is 0.00000778. The fourth-order valence-electron chi connectivity index (χ4n) is 12.3. The zero-order valence-corrected chi connectivity index (χ0v) is 47.9.